The van der Waals surface area contributed by atoms with Gasteiger partial charge < -0.3 is 16.0 Å². The Balaban J connectivity index is 1.29. The summed E-state index contributed by atoms with van der Waals surface area (Å²) in [6, 6.07) is 14.3. The van der Waals surface area contributed by atoms with Gasteiger partial charge in [-0.3, -0.25) is 9.59 Å². The summed E-state index contributed by atoms with van der Waals surface area (Å²) in [6.45, 7) is 2.59. The van der Waals surface area contributed by atoms with Crippen molar-refractivity contribution in [1.82, 2.24) is 10.6 Å². The molecule has 3 saturated carbocycles. The molecule has 0 aromatic heterocycles. The van der Waals surface area contributed by atoms with Gasteiger partial charge in [0.1, 0.15) is 11.5 Å². The minimum absolute atomic E-state index is 0.0425. The summed E-state index contributed by atoms with van der Waals surface area (Å²) < 4.78 is 13.8. The first-order chi connectivity index (χ1) is 14.9. The van der Waals surface area contributed by atoms with E-state index in [4.69, 9.17) is 0 Å². The molecular weight excluding hydrogens is 393 g/mol. The first-order valence-electron chi connectivity index (χ1n) is 11.1. The molecule has 0 radical (unpaired) electrons. The van der Waals surface area contributed by atoms with Crippen LogP contribution in [0.4, 0.5) is 10.1 Å². The van der Waals surface area contributed by atoms with Crippen molar-refractivity contribution in [3.05, 3.63) is 65.5 Å². The summed E-state index contributed by atoms with van der Waals surface area (Å²) in [7, 11) is 0. The second-order valence-electron chi connectivity index (χ2n) is 9.58. The molecule has 5 nitrogen and oxygen atoms in total. The van der Waals surface area contributed by atoms with Gasteiger partial charge in [-0.25, -0.2) is 4.39 Å². The molecule has 3 fully saturated rings. The van der Waals surface area contributed by atoms with E-state index < -0.39 is 5.66 Å². The molecule has 3 N–H and O–H groups in total. The lowest BCUT2D eigenvalue weighted by Gasteiger charge is -2.60. The van der Waals surface area contributed by atoms with Crippen LogP contribution in [0.2, 0.25) is 0 Å². The summed E-state index contributed by atoms with van der Waals surface area (Å²) in [4.78, 5) is 25.9. The van der Waals surface area contributed by atoms with Gasteiger partial charge in [0.15, 0.2) is 0 Å². The van der Waals surface area contributed by atoms with Crippen molar-refractivity contribution in [2.24, 2.45) is 17.3 Å². The third-order valence-corrected chi connectivity index (χ3v) is 7.64. The fraction of sp³-hybridized carbons (Fsp3) is 0.440. The molecule has 3 aliphatic carbocycles. The molecule has 1 spiro atoms. The summed E-state index contributed by atoms with van der Waals surface area (Å²) >= 11 is 0. The van der Waals surface area contributed by atoms with E-state index in [2.05, 4.69) is 22.9 Å². The highest BCUT2D eigenvalue weighted by Crippen LogP contribution is 2.58. The predicted molar refractivity (Wildman–Crippen MR) is 117 cm³/mol. The van der Waals surface area contributed by atoms with Gasteiger partial charge in [-0.1, -0.05) is 37.3 Å². The van der Waals surface area contributed by atoms with Crippen molar-refractivity contribution < 1.29 is 14.0 Å². The number of anilines is 1. The van der Waals surface area contributed by atoms with Crippen molar-refractivity contribution in [3.63, 3.8) is 0 Å². The van der Waals surface area contributed by atoms with Crippen molar-refractivity contribution in [1.29, 1.82) is 0 Å². The molecule has 6 heteroatoms. The van der Waals surface area contributed by atoms with Gasteiger partial charge in [0.05, 0.1) is 5.56 Å². The van der Waals surface area contributed by atoms with Crippen LogP contribution in [0.25, 0.3) is 0 Å². The van der Waals surface area contributed by atoms with Crippen molar-refractivity contribution in [2.75, 3.05) is 11.9 Å². The minimum Gasteiger partial charge on any atom is -0.362 e. The Morgan fingerprint density at radius 3 is 2.74 bits per heavy atom. The fourth-order valence-electron chi connectivity index (χ4n) is 6.00. The molecule has 0 saturated heterocycles. The van der Waals surface area contributed by atoms with Crippen LogP contribution in [0.3, 0.4) is 0 Å². The number of fused-ring (bicyclic) bond motifs is 3. The summed E-state index contributed by atoms with van der Waals surface area (Å²) in [6.07, 6.45) is 3.87. The highest BCUT2D eigenvalue weighted by atomic mass is 19.1. The number of para-hydroxylation sites is 1. The van der Waals surface area contributed by atoms with Crippen LogP contribution in [0.5, 0.6) is 0 Å². The van der Waals surface area contributed by atoms with Gasteiger partial charge >= 0.3 is 0 Å². The number of hydrogen-bond acceptors (Lipinski definition) is 3. The highest BCUT2D eigenvalue weighted by Gasteiger charge is 2.60. The van der Waals surface area contributed by atoms with Crippen LogP contribution in [0, 0.1) is 23.1 Å². The molecule has 1 heterocycles. The predicted octanol–water partition coefficient (Wildman–Crippen LogP) is 3.86. The van der Waals surface area contributed by atoms with Crippen LogP contribution in [0.15, 0.2) is 48.5 Å². The van der Waals surface area contributed by atoms with Gasteiger partial charge in [-0.2, -0.15) is 0 Å². The lowest BCUT2D eigenvalue weighted by Crippen LogP contribution is -2.70. The van der Waals surface area contributed by atoms with Crippen molar-refractivity contribution >= 4 is 17.5 Å². The maximum absolute atomic E-state index is 13.8. The molecule has 31 heavy (non-hydrogen) atoms. The summed E-state index contributed by atoms with van der Waals surface area (Å²) in [5.74, 6) is -0.151. The van der Waals surface area contributed by atoms with Crippen LogP contribution in [-0.4, -0.2) is 24.0 Å². The second-order valence-corrected chi connectivity index (χ2v) is 9.58. The van der Waals surface area contributed by atoms with E-state index in [1.54, 1.807) is 12.1 Å². The molecule has 2 aromatic carbocycles. The molecule has 4 atom stereocenters. The second kappa shape index (κ2) is 7.36. The van der Waals surface area contributed by atoms with E-state index in [0.717, 1.165) is 31.4 Å². The van der Waals surface area contributed by atoms with Gasteiger partial charge in [0, 0.05) is 24.1 Å². The van der Waals surface area contributed by atoms with E-state index in [-0.39, 0.29) is 34.9 Å². The van der Waals surface area contributed by atoms with Gasteiger partial charge in [-0.15, -0.1) is 0 Å². The molecule has 2 amide bonds. The Labute approximate surface area is 181 Å². The monoisotopic (exact) mass is 421 g/mol. The largest absolute Gasteiger partial charge is 0.362 e. The normalized spacial score (nSPS) is 31.0. The van der Waals surface area contributed by atoms with E-state index in [1.807, 2.05) is 30.3 Å². The standard InChI is InChI=1S/C25H28FN3O2/c1-24-12-10-17(25(15-24)28-21-9-5-3-7-18(21)22(30)29-25)14-19(24)23(31)27-13-11-16-6-2-4-8-20(16)26/h2-9,17,19,28H,10-15H2,1H3,(H,27,31)(H,29,30)/t17-,19+,24-,25+/m0/s1. The number of benzene rings is 2. The maximum Gasteiger partial charge on any atom is 0.255 e. The zero-order valence-electron chi connectivity index (χ0n) is 17.7. The minimum atomic E-state index is -0.498. The van der Waals surface area contributed by atoms with Crippen LogP contribution in [-0.2, 0) is 11.2 Å². The fourth-order valence-corrected chi connectivity index (χ4v) is 6.00. The summed E-state index contributed by atoms with van der Waals surface area (Å²) in [5.41, 5.74) is 1.45. The first kappa shape index (κ1) is 20.0. The Morgan fingerprint density at radius 1 is 1.16 bits per heavy atom. The zero-order valence-corrected chi connectivity index (χ0v) is 17.7. The molecule has 6 rings (SSSR count). The molecular formula is C25H28FN3O2. The molecule has 4 aliphatic rings. The third kappa shape index (κ3) is 3.38. The zero-order chi connectivity index (χ0) is 21.6. The van der Waals surface area contributed by atoms with E-state index >= 15 is 0 Å². The number of carbonyl (C=O) groups is 2. The number of amides is 2. The average Bonchev–Trinajstić information content (AvgIpc) is 2.74. The summed E-state index contributed by atoms with van der Waals surface area (Å²) in [5, 5.41) is 9.92. The molecule has 0 unspecified atom stereocenters. The van der Waals surface area contributed by atoms with Gasteiger partial charge in [0.25, 0.3) is 5.91 Å². The van der Waals surface area contributed by atoms with E-state index in [9.17, 15) is 14.0 Å². The first-order valence-corrected chi connectivity index (χ1v) is 11.1. The third-order valence-electron chi connectivity index (χ3n) is 7.64. The molecule has 2 aromatic rings. The lowest BCUT2D eigenvalue weighted by atomic mass is 9.51. The Morgan fingerprint density at radius 2 is 1.94 bits per heavy atom. The molecule has 2 bridgehead atoms. The Kier molecular flexibility index (Phi) is 4.76. The number of rotatable bonds is 4. The number of carbonyl (C=O) groups excluding carboxylic acids is 2. The topological polar surface area (TPSA) is 70.2 Å². The maximum atomic E-state index is 13.8. The van der Waals surface area contributed by atoms with E-state index in [1.165, 1.54) is 6.07 Å². The van der Waals surface area contributed by atoms with Gasteiger partial charge in [-0.05, 0) is 61.3 Å². The van der Waals surface area contributed by atoms with Crippen LogP contribution >= 0.6 is 0 Å². The number of halogens is 1. The van der Waals surface area contributed by atoms with Gasteiger partial charge in [0.2, 0.25) is 5.91 Å². The number of hydrogen-bond donors (Lipinski definition) is 3. The lowest BCUT2D eigenvalue weighted by molar-refractivity contribution is -0.139. The van der Waals surface area contributed by atoms with Crippen molar-refractivity contribution in [3.8, 4) is 0 Å². The number of nitrogens with one attached hydrogen (secondary N) is 3. The average molecular weight is 422 g/mol. The highest BCUT2D eigenvalue weighted by molar-refractivity contribution is 6.02. The molecule has 1 aliphatic heterocycles. The molecule has 162 valence electrons. The van der Waals surface area contributed by atoms with Crippen molar-refractivity contribution in [2.45, 2.75) is 44.7 Å². The van der Waals surface area contributed by atoms with Crippen LogP contribution in [0.1, 0.15) is 48.5 Å². The van der Waals surface area contributed by atoms with E-state index in [0.29, 0.717) is 24.1 Å². The smallest absolute Gasteiger partial charge is 0.255 e. The Hall–Kier alpha value is -2.89. The SMILES string of the molecule is C[C@@]12CC[C@@H](C[C@@H]1C(=O)NCCc1ccccc1F)[C@@]1(C2)NC(=O)c2ccccc2N1. The van der Waals surface area contributed by atoms with Crippen LogP contribution < -0.4 is 16.0 Å². The Bertz CT molecular complexity index is 1040. The quantitative estimate of drug-likeness (QED) is 0.702.